The molecule has 0 aromatic rings. The molecule has 0 radical (unpaired) electrons. The Labute approximate surface area is 115 Å². The molecule has 1 saturated heterocycles. The van der Waals surface area contributed by atoms with Gasteiger partial charge >= 0.3 is 0 Å². The molecule has 4 nitrogen and oxygen atoms in total. The van der Waals surface area contributed by atoms with Crippen LogP contribution in [0.15, 0.2) is 0 Å². The van der Waals surface area contributed by atoms with Crippen molar-refractivity contribution in [2.75, 3.05) is 6.54 Å². The first-order valence-electron chi connectivity index (χ1n) is 7.38. The average molecular weight is 266 g/mol. The number of carbonyl (C=O) groups excluding carboxylic acids is 2. The number of nitrogens with two attached hydrogens (primary N) is 1. The lowest BCUT2D eigenvalue weighted by Crippen LogP contribution is -2.65. The Hall–Kier alpha value is -0.900. The van der Waals surface area contributed by atoms with E-state index in [4.69, 9.17) is 5.73 Å². The van der Waals surface area contributed by atoms with Crippen LogP contribution >= 0.6 is 0 Å². The topological polar surface area (TPSA) is 63.4 Å². The SMILES string of the molecule is CC1CCCCC1(CN)N1C(=O)CC(C)(C)CC1=O. The number of nitrogens with zero attached hydrogens (tertiary/aromatic N) is 1. The van der Waals surface area contributed by atoms with Crippen LogP contribution in [-0.2, 0) is 9.59 Å². The highest BCUT2D eigenvalue weighted by molar-refractivity contribution is 5.99. The summed E-state index contributed by atoms with van der Waals surface area (Å²) in [6.45, 7) is 6.50. The fourth-order valence-corrected chi connectivity index (χ4v) is 3.80. The molecule has 2 unspecified atom stereocenters. The molecule has 0 bridgehead atoms. The molecule has 2 amide bonds. The van der Waals surface area contributed by atoms with Crippen LogP contribution in [0.4, 0.5) is 0 Å². The maximum absolute atomic E-state index is 12.5. The Morgan fingerprint density at radius 3 is 2.26 bits per heavy atom. The molecule has 19 heavy (non-hydrogen) atoms. The Kier molecular flexibility index (Phi) is 3.74. The van der Waals surface area contributed by atoms with Crippen LogP contribution in [-0.4, -0.2) is 28.8 Å². The number of hydrogen-bond donors (Lipinski definition) is 1. The Morgan fingerprint density at radius 1 is 1.21 bits per heavy atom. The van der Waals surface area contributed by atoms with E-state index in [2.05, 4.69) is 6.92 Å². The van der Waals surface area contributed by atoms with Gasteiger partial charge < -0.3 is 5.73 Å². The molecule has 1 heterocycles. The van der Waals surface area contributed by atoms with Gasteiger partial charge in [0.25, 0.3) is 0 Å². The van der Waals surface area contributed by atoms with E-state index >= 15 is 0 Å². The number of carbonyl (C=O) groups is 2. The van der Waals surface area contributed by atoms with Gasteiger partial charge in [0.1, 0.15) is 0 Å². The summed E-state index contributed by atoms with van der Waals surface area (Å²) in [6, 6.07) is 0. The van der Waals surface area contributed by atoms with Crippen molar-refractivity contribution in [3.05, 3.63) is 0 Å². The molecule has 1 aliphatic carbocycles. The third-order valence-electron chi connectivity index (χ3n) is 4.97. The quantitative estimate of drug-likeness (QED) is 0.778. The first-order chi connectivity index (χ1) is 8.82. The number of rotatable bonds is 2. The number of hydrogen-bond acceptors (Lipinski definition) is 3. The van der Waals surface area contributed by atoms with Crippen molar-refractivity contribution in [3.63, 3.8) is 0 Å². The summed E-state index contributed by atoms with van der Waals surface area (Å²) >= 11 is 0. The third kappa shape index (κ3) is 2.42. The highest BCUT2D eigenvalue weighted by atomic mass is 16.2. The molecule has 0 aromatic carbocycles. The van der Waals surface area contributed by atoms with Gasteiger partial charge in [0.15, 0.2) is 0 Å². The van der Waals surface area contributed by atoms with E-state index in [0.29, 0.717) is 25.3 Å². The van der Waals surface area contributed by atoms with E-state index in [9.17, 15) is 9.59 Å². The molecule has 0 aromatic heterocycles. The van der Waals surface area contributed by atoms with Gasteiger partial charge in [-0.05, 0) is 24.2 Å². The van der Waals surface area contributed by atoms with Crippen molar-refractivity contribution in [3.8, 4) is 0 Å². The molecule has 2 fully saturated rings. The van der Waals surface area contributed by atoms with Gasteiger partial charge in [-0.1, -0.05) is 33.6 Å². The monoisotopic (exact) mass is 266 g/mol. The maximum Gasteiger partial charge on any atom is 0.230 e. The molecule has 1 saturated carbocycles. The van der Waals surface area contributed by atoms with E-state index in [0.717, 1.165) is 19.3 Å². The molecule has 2 aliphatic rings. The van der Waals surface area contributed by atoms with Gasteiger partial charge in [0, 0.05) is 19.4 Å². The van der Waals surface area contributed by atoms with E-state index in [1.165, 1.54) is 6.42 Å². The molecule has 2 rings (SSSR count). The van der Waals surface area contributed by atoms with Gasteiger partial charge in [0.05, 0.1) is 5.54 Å². The maximum atomic E-state index is 12.5. The van der Waals surface area contributed by atoms with Gasteiger partial charge in [-0.25, -0.2) is 0 Å². The van der Waals surface area contributed by atoms with Crippen LogP contribution in [0, 0.1) is 11.3 Å². The lowest BCUT2D eigenvalue weighted by molar-refractivity contribution is -0.164. The standard InChI is InChI=1S/C15H26N2O2/c1-11-6-4-5-7-15(11,10-16)17-12(18)8-14(2,3)9-13(17)19/h11H,4-10,16H2,1-3H3. The summed E-state index contributed by atoms with van der Waals surface area (Å²) in [7, 11) is 0. The molecule has 2 N–H and O–H groups in total. The van der Waals surface area contributed by atoms with Crippen molar-refractivity contribution >= 4 is 11.8 Å². The van der Waals surface area contributed by atoms with E-state index in [1.54, 1.807) is 4.90 Å². The minimum Gasteiger partial charge on any atom is -0.328 e. The zero-order valence-electron chi connectivity index (χ0n) is 12.4. The number of amides is 2. The predicted octanol–water partition coefficient (Wildman–Crippen LogP) is 2.07. The smallest absolute Gasteiger partial charge is 0.230 e. The molecule has 0 spiro atoms. The largest absolute Gasteiger partial charge is 0.328 e. The van der Waals surface area contributed by atoms with Crippen molar-refractivity contribution in [1.82, 2.24) is 4.90 Å². The van der Waals surface area contributed by atoms with Crippen LogP contribution in [0.25, 0.3) is 0 Å². The summed E-state index contributed by atoms with van der Waals surface area (Å²) in [5.74, 6) is 0.251. The van der Waals surface area contributed by atoms with Gasteiger partial charge in [-0.15, -0.1) is 0 Å². The zero-order valence-corrected chi connectivity index (χ0v) is 12.4. The summed E-state index contributed by atoms with van der Waals surface area (Å²) < 4.78 is 0. The first kappa shape index (κ1) is 14.5. The molecule has 2 atom stereocenters. The van der Waals surface area contributed by atoms with Gasteiger partial charge in [-0.2, -0.15) is 0 Å². The molecular formula is C15H26N2O2. The first-order valence-corrected chi connectivity index (χ1v) is 7.38. The Balaban J connectivity index is 2.32. The van der Waals surface area contributed by atoms with Crippen molar-refractivity contribution in [2.45, 2.75) is 64.8 Å². The highest BCUT2D eigenvalue weighted by Crippen LogP contribution is 2.42. The Morgan fingerprint density at radius 2 is 1.79 bits per heavy atom. The lowest BCUT2D eigenvalue weighted by atomic mass is 9.70. The number of likely N-dealkylation sites (tertiary alicyclic amines) is 1. The average Bonchev–Trinajstić information content (AvgIpc) is 2.29. The second kappa shape index (κ2) is 4.89. The van der Waals surface area contributed by atoms with E-state index in [1.807, 2.05) is 13.8 Å². The fraction of sp³-hybridized carbons (Fsp3) is 0.867. The third-order valence-corrected chi connectivity index (χ3v) is 4.97. The summed E-state index contributed by atoms with van der Waals surface area (Å²) in [5, 5.41) is 0. The van der Waals surface area contributed by atoms with Crippen LogP contribution in [0.5, 0.6) is 0 Å². The van der Waals surface area contributed by atoms with E-state index < -0.39 is 5.54 Å². The van der Waals surface area contributed by atoms with Crippen molar-refractivity contribution in [1.29, 1.82) is 0 Å². The number of piperidine rings is 1. The summed E-state index contributed by atoms with van der Waals surface area (Å²) in [4.78, 5) is 26.5. The summed E-state index contributed by atoms with van der Waals surface area (Å²) in [6.07, 6.45) is 5.05. The molecular weight excluding hydrogens is 240 g/mol. The van der Waals surface area contributed by atoms with Crippen LogP contribution < -0.4 is 5.73 Å². The second-order valence-corrected chi connectivity index (χ2v) is 7.10. The van der Waals surface area contributed by atoms with Gasteiger partial charge in [0.2, 0.25) is 11.8 Å². The predicted molar refractivity (Wildman–Crippen MR) is 74.3 cm³/mol. The second-order valence-electron chi connectivity index (χ2n) is 7.10. The van der Waals surface area contributed by atoms with Gasteiger partial charge in [-0.3, -0.25) is 14.5 Å². The Bertz CT molecular complexity index is 372. The number of imide groups is 1. The minimum absolute atomic E-state index is 0.0274. The summed E-state index contributed by atoms with van der Waals surface area (Å²) in [5.41, 5.74) is 5.37. The highest BCUT2D eigenvalue weighted by Gasteiger charge is 2.50. The van der Waals surface area contributed by atoms with Crippen molar-refractivity contribution in [2.24, 2.45) is 17.1 Å². The van der Waals surface area contributed by atoms with E-state index in [-0.39, 0.29) is 17.2 Å². The zero-order chi connectivity index (χ0) is 14.3. The normalized spacial score (nSPS) is 35.6. The van der Waals surface area contributed by atoms with Crippen LogP contribution in [0.3, 0.4) is 0 Å². The minimum atomic E-state index is -0.428. The molecule has 4 heteroatoms. The van der Waals surface area contributed by atoms with Crippen molar-refractivity contribution < 1.29 is 9.59 Å². The lowest BCUT2D eigenvalue weighted by Gasteiger charge is -2.51. The molecule has 1 aliphatic heterocycles. The van der Waals surface area contributed by atoms with Crippen LogP contribution in [0.2, 0.25) is 0 Å². The molecule has 108 valence electrons. The fourth-order valence-electron chi connectivity index (χ4n) is 3.80. The van der Waals surface area contributed by atoms with Crippen LogP contribution in [0.1, 0.15) is 59.3 Å².